The lowest BCUT2D eigenvalue weighted by molar-refractivity contribution is 0.420. The van der Waals surface area contributed by atoms with Crippen molar-refractivity contribution in [3.8, 4) is 5.75 Å². The van der Waals surface area contributed by atoms with E-state index in [2.05, 4.69) is 36.4 Å². The molecular formula is C18H18O. The number of methoxy groups -OCH3 is 1. The summed E-state index contributed by atoms with van der Waals surface area (Å²) < 4.78 is 5.43. The molecule has 2 aliphatic rings. The van der Waals surface area contributed by atoms with Gasteiger partial charge in [0.15, 0.2) is 0 Å². The molecule has 2 aromatic rings. The lowest BCUT2D eigenvalue weighted by Gasteiger charge is -2.15. The zero-order valence-corrected chi connectivity index (χ0v) is 11.2. The molecule has 1 nitrogen and oxygen atoms in total. The predicted molar refractivity (Wildman–Crippen MR) is 79.3 cm³/mol. The Morgan fingerprint density at radius 1 is 1.11 bits per heavy atom. The topological polar surface area (TPSA) is 9.23 Å². The van der Waals surface area contributed by atoms with Gasteiger partial charge >= 0.3 is 0 Å². The molecule has 0 radical (unpaired) electrons. The molecule has 1 fully saturated rings. The molecule has 2 atom stereocenters. The monoisotopic (exact) mass is 250 g/mol. The van der Waals surface area contributed by atoms with Crippen LogP contribution in [0.5, 0.6) is 5.75 Å². The number of allylic oxidation sites excluding steroid dienone is 2. The first-order valence-electron chi connectivity index (χ1n) is 7.14. The van der Waals surface area contributed by atoms with E-state index in [1.54, 1.807) is 12.7 Å². The van der Waals surface area contributed by atoms with E-state index < -0.39 is 0 Å². The third kappa shape index (κ3) is 1.68. The Labute approximate surface area is 113 Å². The fraction of sp³-hybridized carbons (Fsp3) is 0.333. The van der Waals surface area contributed by atoms with Crippen LogP contribution in [0.2, 0.25) is 0 Å². The molecule has 0 saturated heterocycles. The van der Waals surface area contributed by atoms with Gasteiger partial charge < -0.3 is 4.74 Å². The van der Waals surface area contributed by atoms with Crippen LogP contribution in [0, 0.1) is 11.8 Å². The highest BCUT2D eigenvalue weighted by Crippen LogP contribution is 2.48. The van der Waals surface area contributed by atoms with Gasteiger partial charge in [-0.25, -0.2) is 0 Å². The van der Waals surface area contributed by atoms with Crippen molar-refractivity contribution >= 4 is 16.3 Å². The number of benzene rings is 2. The third-order valence-electron chi connectivity index (χ3n) is 4.72. The standard InChI is InChI=1S/C18H18O/c1-19-18-4-2-3-13-11-15(7-8-16(13)18)17-10-12-5-6-14(17)9-12/h2-4,7-8,10-12,14H,5-6,9H2,1H3. The second kappa shape index (κ2) is 4.12. The Kier molecular flexibility index (Phi) is 2.41. The van der Waals surface area contributed by atoms with E-state index in [1.165, 1.54) is 35.6 Å². The minimum absolute atomic E-state index is 0.813. The van der Waals surface area contributed by atoms with E-state index in [1.807, 2.05) is 6.07 Å². The van der Waals surface area contributed by atoms with E-state index in [-0.39, 0.29) is 0 Å². The Balaban J connectivity index is 1.83. The molecular weight excluding hydrogens is 232 g/mol. The molecule has 2 bridgehead atoms. The summed E-state index contributed by atoms with van der Waals surface area (Å²) in [6.07, 6.45) is 6.67. The first kappa shape index (κ1) is 11.1. The maximum atomic E-state index is 5.43. The average Bonchev–Trinajstić information content (AvgIpc) is 3.08. The summed E-state index contributed by atoms with van der Waals surface area (Å²) >= 11 is 0. The fourth-order valence-electron chi connectivity index (χ4n) is 3.78. The van der Waals surface area contributed by atoms with Crippen LogP contribution in [0.15, 0.2) is 42.5 Å². The highest BCUT2D eigenvalue weighted by atomic mass is 16.5. The molecule has 2 aromatic carbocycles. The average molecular weight is 250 g/mol. The van der Waals surface area contributed by atoms with Gasteiger partial charge in [0, 0.05) is 5.39 Å². The summed E-state index contributed by atoms with van der Waals surface area (Å²) in [5.74, 6) is 2.63. The van der Waals surface area contributed by atoms with Crippen molar-refractivity contribution in [2.24, 2.45) is 11.8 Å². The van der Waals surface area contributed by atoms with Crippen LogP contribution < -0.4 is 4.74 Å². The van der Waals surface area contributed by atoms with E-state index in [4.69, 9.17) is 4.74 Å². The van der Waals surface area contributed by atoms with Gasteiger partial charge in [0.25, 0.3) is 0 Å². The second-order valence-corrected chi connectivity index (χ2v) is 5.79. The van der Waals surface area contributed by atoms with Gasteiger partial charge in [-0.1, -0.05) is 30.3 Å². The molecule has 0 aliphatic heterocycles. The lowest BCUT2D eigenvalue weighted by Crippen LogP contribution is -1.96. The van der Waals surface area contributed by atoms with Crippen LogP contribution in [-0.4, -0.2) is 7.11 Å². The number of hydrogen-bond donors (Lipinski definition) is 0. The van der Waals surface area contributed by atoms with Gasteiger partial charge in [-0.15, -0.1) is 0 Å². The van der Waals surface area contributed by atoms with Crippen molar-refractivity contribution < 1.29 is 4.74 Å². The molecule has 0 amide bonds. The minimum atomic E-state index is 0.813. The number of hydrogen-bond acceptors (Lipinski definition) is 1. The second-order valence-electron chi connectivity index (χ2n) is 5.79. The van der Waals surface area contributed by atoms with Gasteiger partial charge in [-0.05, 0) is 59.8 Å². The summed E-state index contributed by atoms with van der Waals surface area (Å²) in [4.78, 5) is 0. The smallest absolute Gasteiger partial charge is 0.126 e. The maximum absolute atomic E-state index is 5.43. The predicted octanol–water partition coefficient (Wildman–Crippen LogP) is 4.66. The van der Waals surface area contributed by atoms with E-state index in [0.717, 1.165) is 17.6 Å². The molecule has 0 aromatic heterocycles. The van der Waals surface area contributed by atoms with Crippen molar-refractivity contribution in [1.82, 2.24) is 0 Å². The summed E-state index contributed by atoms with van der Waals surface area (Å²) in [7, 11) is 1.74. The highest BCUT2D eigenvalue weighted by molar-refractivity contribution is 5.91. The van der Waals surface area contributed by atoms with Gasteiger partial charge in [0.1, 0.15) is 5.75 Å². The molecule has 19 heavy (non-hydrogen) atoms. The molecule has 1 saturated carbocycles. The van der Waals surface area contributed by atoms with E-state index in [9.17, 15) is 0 Å². The Hall–Kier alpha value is -1.76. The largest absolute Gasteiger partial charge is 0.496 e. The molecule has 4 rings (SSSR count). The first-order chi connectivity index (χ1) is 9.35. The summed E-state index contributed by atoms with van der Waals surface area (Å²) in [6, 6.07) is 13.1. The first-order valence-corrected chi connectivity index (χ1v) is 7.14. The van der Waals surface area contributed by atoms with Crippen LogP contribution in [0.1, 0.15) is 24.8 Å². The highest BCUT2D eigenvalue weighted by Gasteiger charge is 2.33. The molecule has 0 heterocycles. The molecule has 1 heteroatoms. The van der Waals surface area contributed by atoms with Crippen LogP contribution >= 0.6 is 0 Å². The fourth-order valence-corrected chi connectivity index (χ4v) is 3.78. The molecule has 0 spiro atoms. The van der Waals surface area contributed by atoms with Crippen molar-refractivity contribution in [2.75, 3.05) is 7.11 Å². The van der Waals surface area contributed by atoms with Gasteiger partial charge in [-0.3, -0.25) is 0 Å². The zero-order valence-electron chi connectivity index (χ0n) is 11.2. The Morgan fingerprint density at radius 3 is 2.79 bits per heavy atom. The summed E-state index contributed by atoms with van der Waals surface area (Å²) in [6.45, 7) is 0. The van der Waals surface area contributed by atoms with Gasteiger partial charge in [0.05, 0.1) is 7.11 Å². The van der Waals surface area contributed by atoms with Crippen molar-refractivity contribution in [3.05, 3.63) is 48.0 Å². The maximum Gasteiger partial charge on any atom is 0.126 e. The van der Waals surface area contributed by atoms with Crippen LogP contribution in [0.3, 0.4) is 0 Å². The van der Waals surface area contributed by atoms with Crippen LogP contribution in [0.4, 0.5) is 0 Å². The zero-order chi connectivity index (χ0) is 12.8. The third-order valence-corrected chi connectivity index (χ3v) is 4.72. The summed E-state index contributed by atoms with van der Waals surface area (Å²) in [5.41, 5.74) is 2.99. The Bertz CT molecular complexity index is 668. The SMILES string of the molecule is COc1cccc2cc(C3=CC4CCC3C4)ccc12. The van der Waals surface area contributed by atoms with Gasteiger partial charge in [0.2, 0.25) is 0 Å². The van der Waals surface area contributed by atoms with Gasteiger partial charge in [-0.2, -0.15) is 0 Å². The number of ether oxygens (including phenoxy) is 1. The normalized spacial score (nSPS) is 24.8. The minimum Gasteiger partial charge on any atom is -0.496 e. The van der Waals surface area contributed by atoms with Crippen molar-refractivity contribution in [1.29, 1.82) is 0 Å². The van der Waals surface area contributed by atoms with Crippen molar-refractivity contribution in [2.45, 2.75) is 19.3 Å². The van der Waals surface area contributed by atoms with Crippen LogP contribution in [0.25, 0.3) is 16.3 Å². The quantitative estimate of drug-likeness (QED) is 0.753. The Morgan fingerprint density at radius 2 is 2.05 bits per heavy atom. The lowest BCUT2D eigenvalue weighted by atomic mass is 9.91. The van der Waals surface area contributed by atoms with Crippen molar-refractivity contribution in [3.63, 3.8) is 0 Å². The molecule has 2 unspecified atom stereocenters. The molecule has 96 valence electrons. The number of fused-ring (bicyclic) bond motifs is 3. The van der Waals surface area contributed by atoms with E-state index >= 15 is 0 Å². The molecule has 0 N–H and O–H groups in total. The van der Waals surface area contributed by atoms with E-state index in [0.29, 0.717) is 0 Å². The summed E-state index contributed by atoms with van der Waals surface area (Å²) in [5, 5.41) is 2.48. The molecule has 2 aliphatic carbocycles. The number of rotatable bonds is 2. The van der Waals surface area contributed by atoms with Crippen LogP contribution in [-0.2, 0) is 0 Å².